The van der Waals surface area contributed by atoms with Crippen LogP contribution in [0.2, 0.25) is 0 Å². The van der Waals surface area contributed by atoms with E-state index in [-0.39, 0.29) is 0 Å². The third-order valence-corrected chi connectivity index (χ3v) is 3.58. The molecule has 13 heavy (non-hydrogen) atoms. The van der Waals surface area contributed by atoms with E-state index in [2.05, 4.69) is 25.8 Å². The van der Waals surface area contributed by atoms with E-state index in [0.717, 1.165) is 11.8 Å². The Hall–Kier alpha value is -0.0400. The van der Waals surface area contributed by atoms with Gasteiger partial charge in [0.15, 0.2) is 0 Å². The van der Waals surface area contributed by atoms with Gasteiger partial charge in [-0.3, -0.25) is 0 Å². The fourth-order valence-electron chi connectivity index (χ4n) is 2.36. The van der Waals surface area contributed by atoms with E-state index in [9.17, 15) is 0 Å². The lowest BCUT2D eigenvalue weighted by Gasteiger charge is -2.32. The second-order valence-corrected chi connectivity index (χ2v) is 4.76. The molecule has 1 heteroatoms. The first-order chi connectivity index (χ1) is 6.24. The van der Waals surface area contributed by atoms with E-state index in [4.69, 9.17) is 0 Å². The van der Waals surface area contributed by atoms with Gasteiger partial charge >= 0.3 is 0 Å². The van der Waals surface area contributed by atoms with E-state index in [1.54, 1.807) is 0 Å². The number of unbranched alkanes of at least 4 members (excludes halogenated alkanes) is 1. The standard InChI is InChI=1S/C12H25N/c1-4-5-6-11(2)12-7-9-13(3)10-8-12/h11-12H,4-10H2,1-3H3. The summed E-state index contributed by atoms with van der Waals surface area (Å²) in [7, 11) is 2.24. The number of likely N-dealkylation sites (tertiary alicyclic amines) is 1. The van der Waals surface area contributed by atoms with Gasteiger partial charge in [0.25, 0.3) is 0 Å². The van der Waals surface area contributed by atoms with Crippen molar-refractivity contribution < 1.29 is 0 Å². The fraction of sp³-hybridized carbons (Fsp3) is 1.00. The second-order valence-electron chi connectivity index (χ2n) is 4.76. The zero-order chi connectivity index (χ0) is 9.68. The number of nitrogens with zero attached hydrogens (tertiary/aromatic N) is 1. The van der Waals surface area contributed by atoms with E-state index < -0.39 is 0 Å². The van der Waals surface area contributed by atoms with Crippen LogP contribution >= 0.6 is 0 Å². The minimum Gasteiger partial charge on any atom is -0.306 e. The molecule has 78 valence electrons. The molecular weight excluding hydrogens is 158 g/mol. The molecule has 1 rings (SSSR count). The molecule has 0 spiro atoms. The first kappa shape index (κ1) is 11.0. The van der Waals surface area contributed by atoms with Crippen LogP contribution in [0.25, 0.3) is 0 Å². The Bertz CT molecular complexity index is 125. The van der Waals surface area contributed by atoms with Crippen LogP contribution in [0.1, 0.15) is 46.0 Å². The fourth-order valence-corrected chi connectivity index (χ4v) is 2.36. The van der Waals surface area contributed by atoms with Crippen molar-refractivity contribution in [3.8, 4) is 0 Å². The number of hydrogen-bond donors (Lipinski definition) is 0. The van der Waals surface area contributed by atoms with Gasteiger partial charge in [0.2, 0.25) is 0 Å². The molecule has 0 saturated carbocycles. The molecule has 1 fully saturated rings. The van der Waals surface area contributed by atoms with Crippen molar-refractivity contribution >= 4 is 0 Å². The summed E-state index contributed by atoms with van der Waals surface area (Å²) >= 11 is 0. The summed E-state index contributed by atoms with van der Waals surface area (Å²) in [4.78, 5) is 2.46. The van der Waals surface area contributed by atoms with Crippen LogP contribution in [-0.4, -0.2) is 25.0 Å². The summed E-state index contributed by atoms with van der Waals surface area (Å²) < 4.78 is 0. The minimum atomic E-state index is 0.966. The van der Waals surface area contributed by atoms with Crippen molar-refractivity contribution in [2.45, 2.75) is 46.0 Å². The van der Waals surface area contributed by atoms with Gasteiger partial charge in [-0.15, -0.1) is 0 Å². The van der Waals surface area contributed by atoms with Gasteiger partial charge in [0.1, 0.15) is 0 Å². The monoisotopic (exact) mass is 183 g/mol. The molecule has 0 aromatic carbocycles. The molecule has 0 N–H and O–H groups in total. The van der Waals surface area contributed by atoms with E-state index >= 15 is 0 Å². The van der Waals surface area contributed by atoms with Gasteiger partial charge in [-0.1, -0.05) is 33.1 Å². The smallest absolute Gasteiger partial charge is 0.00190 e. The summed E-state index contributed by atoms with van der Waals surface area (Å²) in [6, 6.07) is 0. The van der Waals surface area contributed by atoms with E-state index in [0.29, 0.717) is 0 Å². The Kier molecular flexibility index (Phi) is 4.79. The molecule has 1 saturated heterocycles. The van der Waals surface area contributed by atoms with Crippen LogP contribution in [0.4, 0.5) is 0 Å². The van der Waals surface area contributed by atoms with Crippen LogP contribution in [0, 0.1) is 11.8 Å². The van der Waals surface area contributed by atoms with E-state index in [1.165, 1.54) is 45.2 Å². The zero-order valence-electron chi connectivity index (χ0n) is 9.55. The second kappa shape index (κ2) is 5.64. The maximum atomic E-state index is 2.46. The largest absolute Gasteiger partial charge is 0.306 e. The average Bonchev–Trinajstić information content (AvgIpc) is 2.15. The van der Waals surface area contributed by atoms with Crippen LogP contribution in [0.5, 0.6) is 0 Å². The third kappa shape index (κ3) is 3.68. The molecule has 0 amide bonds. The maximum absolute atomic E-state index is 2.46. The van der Waals surface area contributed by atoms with Gasteiger partial charge in [0.05, 0.1) is 0 Å². The van der Waals surface area contributed by atoms with Crippen molar-refractivity contribution in [3.05, 3.63) is 0 Å². The highest BCUT2D eigenvalue weighted by molar-refractivity contribution is 4.74. The molecule has 0 bridgehead atoms. The Morgan fingerprint density at radius 2 is 1.92 bits per heavy atom. The molecular formula is C12H25N. The molecule has 0 radical (unpaired) electrons. The number of hydrogen-bond acceptors (Lipinski definition) is 1. The van der Waals surface area contributed by atoms with Gasteiger partial charge in [-0.2, -0.15) is 0 Å². The summed E-state index contributed by atoms with van der Waals surface area (Å²) in [5.41, 5.74) is 0. The maximum Gasteiger partial charge on any atom is -0.00190 e. The molecule has 1 heterocycles. The SMILES string of the molecule is CCCCC(C)C1CCN(C)CC1. The van der Waals surface area contributed by atoms with Crippen LogP contribution in [0.15, 0.2) is 0 Å². The Morgan fingerprint density at radius 1 is 1.31 bits per heavy atom. The Morgan fingerprint density at radius 3 is 2.46 bits per heavy atom. The predicted molar refractivity (Wildman–Crippen MR) is 58.9 cm³/mol. The molecule has 1 aliphatic heterocycles. The highest BCUT2D eigenvalue weighted by Gasteiger charge is 2.21. The van der Waals surface area contributed by atoms with Gasteiger partial charge < -0.3 is 4.90 Å². The molecule has 1 nitrogen and oxygen atoms in total. The van der Waals surface area contributed by atoms with Crippen LogP contribution in [0.3, 0.4) is 0 Å². The molecule has 0 aromatic rings. The van der Waals surface area contributed by atoms with Gasteiger partial charge in [0, 0.05) is 0 Å². The van der Waals surface area contributed by atoms with Gasteiger partial charge in [-0.25, -0.2) is 0 Å². The molecule has 1 aliphatic rings. The minimum absolute atomic E-state index is 0.966. The van der Waals surface area contributed by atoms with Crippen molar-refractivity contribution in [2.24, 2.45) is 11.8 Å². The molecule has 0 aliphatic carbocycles. The first-order valence-electron chi connectivity index (χ1n) is 5.92. The van der Waals surface area contributed by atoms with Crippen molar-refractivity contribution in [2.75, 3.05) is 20.1 Å². The number of piperidine rings is 1. The van der Waals surface area contributed by atoms with Crippen LogP contribution < -0.4 is 0 Å². The molecule has 1 atom stereocenters. The van der Waals surface area contributed by atoms with Crippen molar-refractivity contribution in [3.63, 3.8) is 0 Å². The molecule has 0 aromatic heterocycles. The predicted octanol–water partition coefficient (Wildman–Crippen LogP) is 3.15. The summed E-state index contributed by atoms with van der Waals surface area (Å²) in [5, 5.41) is 0. The number of rotatable bonds is 4. The van der Waals surface area contributed by atoms with Gasteiger partial charge in [-0.05, 0) is 44.8 Å². The Balaban J connectivity index is 2.19. The zero-order valence-corrected chi connectivity index (χ0v) is 9.55. The average molecular weight is 183 g/mol. The van der Waals surface area contributed by atoms with Crippen molar-refractivity contribution in [1.82, 2.24) is 4.90 Å². The third-order valence-electron chi connectivity index (χ3n) is 3.58. The Labute approximate surface area is 83.5 Å². The molecule has 1 unspecified atom stereocenters. The summed E-state index contributed by atoms with van der Waals surface area (Å²) in [5.74, 6) is 1.98. The lowest BCUT2D eigenvalue weighted by molar-refractivity contribution is 0.171. The normalized spacial score (nSPS) is 23.3. The quantitative estimate of drug-likeness (QED) is 0.647. The lowest BCUT2D eigenvalue weighted by atomic mass is 9.83. The lowest BCUT2D eigenvalue weighted by Crippen LogP contribution is -2.32. The van der Waals surface area contributed by atoms with Crippen LogP contribution in [-0.2, 0) is 0 Å². The van der Waals surface area contributed by atoms with E-state index in [1.807, 2.05) is 0 Å². The highest BCUT2D eigenvalue weighted by atomic mass is 15.1. The topological polar surface area (TPSA) is 3.24 Å². The summed E-state index contributed by atoms with van der Waals surface area (Å²) in [6.45, 7) is 7.38. The van der Waals surface area contributed by atoms with Crippen molar-refractivity contribution in [1.29, 1.82) is 0 Å². The highest BCUT2D eigenvalue weighted by Crippen LogP contribution is 2.27. The first-order valence-corrected chi connectivity index (χ1v) is 5.92. The summed E-state index contributed by atoms with van der Waals surface area (Å²) in [6.07, 6.45) is 7.10.